The van der Waals surface area contributed by atoms with Gasteiger partial charge in [-0.2, -0.15) is 0 Å². The second-order valence-electron chi connectivity index (χ2n) is 7.60. The van der Waals surface area contributed by atoms with Gasteiger partial charge in [0.05, 0.1) is 19.5 Å². The fraction of sp³-hybridized carbons (Fsp3) is 0.320. The Morgan fingerprint density at radius 2 is 2.06 bits per heavy atom. The standard InChI is InChI=1S/C25H28BrNO4/c1-16(2)30-10-6-9-27-25(28)11-17(3)20-13-21-22(18-7-5-8-19(26)12-18)15-31-24(21)14-23(20)29-4/h5,7-8,11-16H,6,9-10H2,1-4H3,(H,27,28)/b17-11+. The van der Waals surface area contributed by atoms with Gasteiger partial charge >= 0.3 is 0 Å². The van der Waals surface area contributed by atoms with Crippen LogP contribution in [0, 0.1) is 0 Å². The normalized spacial score (nSPS) is 11.9. The van der Waals surface area contributed by atoms with E-state index in [0.29, 0.717) is 18.9 Å². The fourth-order valence-electron chi connectivity index (χ4n) is 3.34. The molecular formula is C25H28BrNO4. The summed E-state index contributed by atoms with van der Waals surface area (Å²) >= 11 is 3.52. The van der Waals surface area contributed by atoms with Crippen molar-refractivity contribution in [2.75, 3.05) is 20.3 Å². The highest BCUT2D eigenvalue weighted by molar-refractivity contribution is 9.10. The molecule has 1 N–H and O–H groups in total. The molecule has 0 saturated carbocycles. The molecule has 31 heavy (non-hydrogen) atoms. The number of amides is 1. The first-order valence-corrected chi connectivity index (χ1v) is 11.1. The Hall–Kier alpha value is -2.57. The van der Waals surface area contributed by atoms with E-state index in [-0.39, 0.29) is 12.0 Å². The van der Waals surface area contributed by atoms with Crippen LogP contribution in [0.15, 0.2) is 57.6 Å². The zero-order valence-corrected chi connectivity index (χ0v) is 19.9. The first-order valence-electron chi connectivity index (χ1n) is 10.3. The number of benzene rings is 2. The maximum Gasteiger partial charge on any atom is 0.244 e. The van der Waals surface area contributed by atoms with E-state index < -0.39 is 0 Å². The second-order valence-corrected chi connectivity index (χ2v) is 8.52. The number of ether oxygens (including phenoxy) is 2. The third kappa shape index (κ3) is 5.99. The zero-order valence-electron chi connectivity index (χ0n) is 18.3. The maximum atomic E-state index is 12.4. The topological polar surface area (TPSA) is 60.7 Å². The van der Waals surface area contributed by atoms with Crippen molar-refractivity contribution in [1.29, 1.82) is 0 Å². The van der Waals surface area contributed by atoms with Gasteiger partial charge in [-0.1, -0.05) is 28.1 Å². The van der Waals surface area contributed by atoms with Crippen LogP contribution in [0.1, 0.15) is 32.8 Å². The predicted octanol–water partition coefficient (Wildman–Crippen LogP) is 6.21. The Balaban J connectivity index is 1.83. The van der Waals surface area contributed by atoms with Crippen molar-refractivity contribution >= 4 is 38.4 Å². The van der Waals surface area contributed by atoms with Crippen LogP contribution in [0.4, 0.5) is 0 Å². The average molecular weight is 486 g/mol. The van der Waals surface area contributed by atoms with Crippen LogP contribution in [0.3, 0.4) is 0 Å². The predicted molar refractivity (Wildman–Crippen MR) is 128 cm³/mol. The number of carbonyl (C=O) groups excluding carboxylic acids is 1. The molecule has 0 aliphatic carbocycles. The smallest absolute Gasteiger partial charge is 0.244 e. The van der Waals surface area contributed by atoms with Crippen LogP contribution < -0.4 is 10.1 Å². The molecule has 0 fully saturated rings. The van der Waals surface area contributed by atoms with E-state index in [1.807, 2.05) is 57.2 Å². The molecule has 0 bridgehead atoms. The minimum Gasteiger partial charge on any atom is -0.496 e. The molecule has 164 valence electrons. The van der Waals surface area contributed by atoms with Gasteiger partial charge in [-0.05, 0) is 56.5 Å². The molecule has 0 spiro atoms. The molecule has 0 aliphatic heterocycles. The van der Waals surface area contributed by atoms with Gasteiger partial charge in [0, 0.05) is 46.3 Å². The molecule has 0 atom stereocenters. The van der Waals surface area contributed by atoms with Crippen LogP contribution in [-0.2, 0) is 9.53 Å². The second kappa shape index (κ2) is 10.6. The summed E-state index contributed by atoms with van der Waals surface area (Å²) < 4.78 is 17.9. The third-order valence-electron chi connectivity index (χ3n) is 4.88. The van der Waals surface area contributed by atoms with Gasteiger partial charge in [0.1, 0.15) is 11.3 Å². The Labute approximate surface area is 191 Å². The molecule has 1 aromatic heterocycles. The molecule has 6 heteroatoms. The third-order valence-corrected chi connectivity index (χ3v) is 5.37. The Kier molecular flexibility index (Phi) is 7.93. The summed E-state index contributed by atoms with van der Waals surface area (Å²) in [5.41, 5.74) is 4.44. The molecule has 1 heterocycles. The van der Waals surface area contributed by atoms with Gasteiger partial charge in [0.2, 0.25) is 5.91 Å². The van der Waals surface area contributed by atoms with E-state index in [4.69, 9.17) is 13.9 Å². The van der Waals surface area contributed by atoms with Crippen molar-refractivity contribution in [3.8, 4) is 16.9 Å². The molecule has 1 amide bonds. The summed E-state index contributed by atoms with van der Waals surface area (Å²) in [6.45, 7) is 7.10. The van der Waals surface area contributed by atoms with Gasteiger partial charge in [0.15, 0.2) is 0 Å². The number of halogens is 1. The highest BCUT2D eigenvalue weighted by atomic mass is 79.9. The SMILES string of the molecule is COc1cc2occ(-c3cccc(Br)c3)c2cc1/C(C)=C/C(=O)NCCCOC(C)C. The van der Waals surface area contributed by atoms with Crippen LogP contribution in [0.25, 0.3) is 27.7 Å². The lowest BCUT2D eigenvalue weighted by atomic mass is 9.99. The number of furan rings is 1. The highest BCUT2D eigenvalue weighted by Crippen LogP contribution is 2.37. The van der Waals surface area contributed by atoms with Crippen LogP contribution >= 0.6 is 15.9 Å². The molecule has 0 saturated heterocycles. The highest BCUT2D eigenvalue weighted by Gasteiger charge is 2.15. The lowest BCUT2D eigenvalue weighted by Crippen LogP contribution is -2.23. The number of fused-ring (bicyclic) bond motifs is 1. The first kappa shape index (κ1) is 23.1. The van der Waals surface area contributed by atoms with Crippen LogP contribution in [0.2, 0.25) is 0 Å². The van der Waals surface area contributed by atoms with Crippen LogP contribution in [-0.4, -0.2) is 32.3 Å². The van der Waals surface area contributed by atoms with E-state index in [0.717, 1.165) is 44.1 Å². The summed E-state index contributed by atoms with van der Waals surface area (Å²) in [6.07, 6.45) is 4.33. The van der Waals surface area contributed by atoms with Gasteiger partial charge in [-0.25, -0.2) is 0 Å². The molecule has 5 nitrogen and oxygen atoms in total. The maximum absolute atomic E-state index is 12.4. The fourth-order valence-corrected chi connectivity index (χ4v) is 3.74. The van der Waals surface area contributed by atoms with Crippen molar-refractivity contribution in [3.05, 3.63) is 58.8 Å². The average Bonchev–Trinajstić information content (AvgIpc) is 3.15. The van der Waals surface area contributed by atoms with Gasteiger partial charge in [-0.15, -0.1) is 0 Å². The largest absolute Gasteiger partial charge is 0.496 e. The Morgan fingerprint density at radius 1 is 1.26 bits per heavy atom. The summed E-state index contributed by atoms with van der Waals surface area (Å²) in [5.74, 6) is 0.526. The van der Waals surface area contributed by atoms with E-state index in [9.17, 15) is 4.79 Å². The lowest BCUT2D eigenvalue weighted by molar-refractivity contribution is -0.116. The molecule has 0 unspecified atom stereocenters. The van der Waals surface area contributed by atoms with Crippen molar-refractivity contribution in [2.45, 2.75) is 33.3 Å². The quantitative estimate of drug-likeness (QED) is 0.289. The van der Waals surface area contributed by atoms with Crippen molar-refractivity contribution < 1.29 is 18.7 Å². The van der Waals surface area contributed by atoms with Crippen LogP contribution in [0.5, 0.6) is 5.75 Å². The van der Waals surface area contributed by atoms with E-state index in [2.05, 4.69) is 21.2 Å². The minimum atomic E-state index is -0.136. The van der Waals surface area contributed by atoms with Gasteiger partial charge in [0.25, 0.3) is 0 Å². The first-order chi connectivity index (χ1) is 14.9. The number of allylic oxidation sites excluding steroid dienone is 1. The number of nitrogens with one attached hydrogen (secondary N) is 1. The van der Waals surface area contributed by atoms with Crippen molar-refractivity contribution in [2.24, 2.45) is 0 Å². The molecule has 2 aromatic carbocycles. The van der Waals surface area contributed by atoms with Gasteiger partial charge < -0.3 is 19.2 Å². The van der Waals surface area contributed by atoms with E-state index in [1.165, 1.54) is 0 Å². The lowest BCUT2D eigenvalue weighted by Gasteiger charge is -2.11. The number of rotatable bonds is 9. The summed E-state index contributed by atoms with van der Waals surface area (Å²) in [6, 6.07) is 11.9. The van der Waals surface area contributed by atoms with E-state index >= 15 is 0 Å². The zero-order chi connectivity index (χ0) is 22.4. The van der Waals surface area contributed by atoms with E-state index in [1.54, 1.807) is 19.4 Å². The molecule has 3 aromatic rings. The van der Waals surface area contributed by atoms with Gasteiger partial charge in [-0.3, -0.25) is 4.79 Å². The summed E-state index contributed by atoms with van der Waals surface area (Å²) in [7, 11) is 1.62. The Morgan fingerprint density at radius 3 is 2.77 bits per heavy atom. The molecule has 0 aliphatic rings. The molecule has 0 radical (unpaired) electrons. The number of methoxy groups -OCH3 is 1. The van der Waals surface area contributed by atoms with Crippen molar-refractivity contribution in [1.82, 2.24) is 5.32 Å². The monoisotopic (exact) mass is 485 g/mol. The number of hydrogen-bond donors (Lipinski definition) is 1. The number of carbonyl (C=O) groups is 1. The molecular weight excluding hydrogens is 458 g/mol. The molecule has 3 rings (SSSR count). The number of hydrogen-bond acceptors (Lipinski definition) is 4. The minimum absolute atomic E-state index is 0.136. The van der Waals surface area contributed by atoms with Crippen molar-refractivity contribution in [3.63, 3.8) is 0 Å². The Bertz CT molecular complexity index is 1080. The summed E-state index contributed by atoms with van der Waals surface area (Å²) in [5, 5.41) is 3.88. The summed E-state index contributed by atoms with van der Waals surface area (Å²) in [4.78, 5) is 12.4.